The van der Waals surface area contributed by atoms with E-state index >= 15 is 0 Å². The third-order valence-electron chi connectivity index (χ3n) is 2.69. The van der Waals surface area contributed by atoms with Crippen molar-refractivity contribution in [2.45, 2.75) is 13.2 Å². The fourth-order valence-electron chi connectivity index (χ4n) is 1.69. The molecule has 0 spiro atoms. The zero-order valence-corrected chi connectivity index (χ0v) is 12.3. The topological polar surface area (TPSA) is 35.2 Å². The van der Waals surface area contributed by atoms with Crippen molar-refractivity contribution >= 4 is 27.5 Å². The van der Waals surface area contributed by atoms with Crippen LogP contribution in [0.4, 0.5) is 4.39 Å². The summed E-state index contributed by atoms with van der Waals surface area (Å²) in [6.45, 7) is 0.404. The van der Waals surface area contributed by atoms with Gasteiger partial charge in [-0.15, -0.1) is 0 Å². The Bertz CT molecular complexity index is 571. The van der Waals surface area contributed by atoms with E-state index in [0.717, 1.165) is 10.0 Å². The molecule has 0 radical (unpaired) electrons. The first-order chi connectivity index (χ1) is 9.13. The Kier molecular flexibility index (Phi) is 4.80. The normalized spacial score (nSPS) is 10.5. The summed E-state index contributed by atoms with van der Waals surface area (Å²) >= 11 is 9.34. The molecule has 0 saturated heterocycles. The summed E-state index contributed by atoms with van der Waals surface area (Å²) in [6, 6.07) is 10.1. The van der Waals surface area contributed by atoms with Crippen molar-refractivity contribution in [3.63, 3.8) is 0 Å². The maximum atomic E-state index is 13.6. The van der Waals surface area contributed by atoms with Gasteiger partial charge in [0.05, 0.1) is 9.50 Å². The highest BCUT2D eigenvalue weighted by Gasteiger charge is 2.11. The Morgan fingerprint density at radius 1 is 1.21 bits per heavy atom. The fourth-order valence-corrected chi connectivity index (χ4v) is 2.43. The maximum Gasteiger partial charge on any atom is 0.138 e. The van der Waals surface area contributed by atoms with E-state index < -0.39 is 0 Å². The van der Waals surface area contributed by atoms with Crippen LogP contribution in [0.15, 0.2) is 40.9 Å². The van der Waals surface area contributed by atoms with Crippen LogP contribution in [-0.2, 0) is 13.2 Å². The first-order valence-electron chi connectivity index (χ1n) is 5.66. The molecule has 0 fully saturated rings. The van der Waals surface area contributed by atoms with E-state index in [0.29, 0.717) is 22.9 Å². The number of halogens is 3. The lowest BCUT2D eigenvalue weighted by Gasteiger charge is -2.13. The lowest BCUT2D eigenvalue weighted by molar-refractivity contribution is 0.295. The number of hydrogen-bond donors (Lipinski definition) is 1. The molecule has 2 aromatic carbocycles. The molecule has 0 heterocycles. The van der Waals surface area contributed by atoms with E-state index in [1.807, 2.05) is 18.2 Å². The summed E-state index contributed by atoms with van der Waals surface area (Å²) in [5.74, 6) is 0.234. The molecule has 2 nitrogen and oxygen atoms in total. The van der Waals surface area contributed by atoms with Crippen LogP contribution in [0, 0.1) is 5.82 Å². The highest BCUT2D eigenvalue weighted by atomic mass is 79.9. The Morgan fingerprint density at radius 2 is 1.95 bits per heavy atom. The largest absolute Gasteiger partial charge is 0.487 e. The number of hydrogen-bond acceptors (Lipinski definition) is 2. The molecule has 5 heteroatoms. The maximum absolute atomic E-state index is 13.6. The predicted octanol–water partition coefficient (Wildman–Crippen LogP) is 4.28. The van der Waals surface area contributed by atoms with Crippen LogP contribution in [0.5, 0.6) is 5.75 Å². The predicted molar refractivity (Wildman–Crippen MR) is 77.8 cm³/mol. The van der Waals surface area contributed by atoms with Crippen LogP contribution in [0.25, 0.3) is 0 Å². The molecule has 0 bridgehead atoms. The standard InChI is InChI=1S/C14H12BrClFNO/c15-11-4-1-3-9(7-18)14(11)19-8-10-12(16)5-2-6-13(10)17/h1-6H,7-8,18H2. The van der Waals surface area contributed by atoms with E-state index in [4.69, 9.17) is 22.1 Å². The Labute approximate surface area is 124 Å². The van der Waals surface area contributed by atoms with Crippen molar-refractivity contribution in [1.82, 2.24) is 0 Å². The summed E-state index contributed by atoms with van der Waals surface area (Å²) < 4.78 is 20.1. The van der Waals surface area contributed by atoms with Gasteiger partial charge in [0.25, 0.3) is 0 Å². The van der Waals surface area contributed by atoms with Gasteiger partial charge in [-0.05, 0) is 34.1 Å². The molecule has 0 aromatic heterocycles. The van der Waals surface area contributed by atoms with Crippen LogP contribution in [0.3, 0.4) is 0 Å². The van der Waals surface area contributed by atoms with Crippen LogP contribution in [0.1, 0.15) is 11.1 Å². The van der Waals surface area contributed by atoms with E-state index in [9.17, 15) is 4.39 Å². The number of para-hydroxylation sites is 1. The van der Waals surface area contributed by atoms with Gasteiger partial charge in [-0.2, -0.15) is 0 Å². The average Bonchev–Trinajstić information content (AvgIpc) is 2.39. The highest BCUT2D eigenvalue weighted by molar-refractivity contribution is 9.10. The van der Waals surface area contributed by atoms with E-state index in [1.165, 1.54) is 6.07 Å². The monoisotopic (exact) mass is 343 g/mol. The smallest absolute Gasteiger partial charge is 0.138 e. The first kappa shape index (κ1) is 14.3. The summed E-state index contributed by atoms with van der Waals surface area (Å²) in [7, 11) is 0. The summed E-state index contributed by atoms with van der Waals surface area (Å²) in [5.41, 5.74) is 6.83. The quantitative estimate of drug-likeness (QED) is 0.898. The van der Waals surface area contributed by atoms with Crippen molar-refractivity contribution in [3.05, 3.63) is 62.8 Å². The number of rotatable bonds is 4. The van der Waals surface area contributed by atoms with Crippen molar-refractivity contribution in [3.8, 4) is 5.75 Å². The van der Waals surface area contributed by atoms with Gasteiger partial charge >= 0.3 is 0 Å². The molecule has 0 amide bonds. The molecule has 0 aliphatic heterocycles. The minimum Gasteiger partial charge on any atom is -0.487 e. The molecule has 2 aromatic rings. The van der Waals surface area contributed by atoms with E-state index in [1.54, 1.807) is 12.1 Å². The average molecular weight is 345 g/mol. The molecule has 0 aliphatic rings. The third kappa shape index (κ3) is 3.26. The SMILES string of the molecule is NCc1cccc(Br)c1OCc1c(F)cccc1Cl. The van der Waals surface area contributed by atoms with Gasteiger partial charge in [-0.3, -0.25) is 0 Å². The Morgan fingerprint density at radius 3 is 2.63 bits per heavy atom. The van der Waals surface area contributed by atoms with Gasteiger partial charge in [0.2, 0.25) is 0 Å². The molecule has 19 heavy (non-hydrogen) atoms. The molecular weight excluding hydrogens is 333 g/mol. The zero-order chi connectivity index (χ0) is 13.8. The number of nitrogens with two attached hydrogens (primary N) is 1. The van der Waals surface area contributed by atoms with Crippen LogP contribution < -0.4 is 10.5 Å². The first-order valence-corrected chi connectivity index (χ1v) is 6.83. The minimum atomic E-state index is -0.381. The molecule has 0 unspecified atom stereocenters. The van der Waals surface area contributed by atoms with Gasteiger partial charge < -0.3 is 10.5 Å². The van der Waals surface area contributed by atoms with Gasteiger partial charge in [0.15, 0.2) is 0 Å². The van der Waals surface area contributed by atoms with Gasteiger partial charge in [-0.25, -0.2) is 4.39 Å². The Hall–Kier alpha value is -1.10. The third-order valence-corrected chi connectivity index (χ3v) is 3.67. The number of ether oxygens (including phenoxy) is 1. The molecule has 2 rings (SSSR count). The second kappa shape index (κ2) is 6.37. The van der Waals surface area contributed by atoms with Crippen molar-refractivity contribution in [2.24, 2.45) is 5.73 Å². The fraction of sp³-hybridized carbons (Fsp3) is 0.143. The van der Waals surface area contributed by atoms with Crippen molar-refractivity contribution < 1.29 is 9.13 Å². The number of benzene rings is 2. The van der Waals surface area contributed by atoms with Crippen molar-refractivity contribution in [2.75, 3.05) is 0 Å². The summed E-state index contributed by atoms with van der Waals surface area (Å²) in [6.07, 6.45) is 0. The molecule has 0 atom stereocenters. The molecular formula is C14H12BrClFNO. The van der Waals surface area contributed by atoms with Crippen molar-refractivity contribution in [1.29, 1.82) is 0 Å². The molecule has 0 aliphatic carbocycles. The van der Waals surface area contributed by atoms with Gasteiger partial charge in [0, 0.05) is 17.7 Å². The van der Waals surface area contributed by atoms with Crippen LogP contribution in [0.2, 0.25) is 5.02 Å². The highest BCUT2D eigenvalue weighted by Crippen LogP contribution is 2.30. The van der Waals surface area contributed by atoms with Gasteiger partial charge in [-0.1, -0.05) is 29.8 Å². The minimum absolute atomic E-state index is 0.0567. The summed E-state index contributed by atoms with van der Waals surface area (Å²) in [5, 5.41) is 0.348. The van der Waals surface area contributed by atoms with Crippen LogP contribution in [-0.4, -0.2) is 0 Å². The second-order valence-corrected chi connectivity index (χ2v) is 5.18. The molecule has 0 saturated carbocycles. The molecule has 2 N–H and O–H groups in total. The summed E-state index contributed by atoms with van der Waals surface area (Å²) in [4.78, 5) is 0. The van der Waals surface area contributed by atoms with Gasteiger partial charge in [0.1, 0.15) is 18.2 Å². The molecule has 100 valence electrons. The lowest BCUT2D eigenvalue weighted by Crippen LogP contribution is -2.05. The van der Waals surface area contributed by atoms with E-state index in [-0.39, 0.29) is 12.4 Å². The van der Waals surface area contributed by atoms with E-state index in [2.05, 4.69) is 15.9 Å². The Balaban J connectivity index is 2.24. The zero-order valence-electron chi connectivity index (χ0n) is 10.00. The van der Waals surface area contributed by atoms with Crippen LogP contribution >= 0.6 is 27.5 Å². The lowest BCUT2D eigenvalue weighted by atomic mass is 10.2. The second-order valence-electron chi connectivity index (χ2n) is 3.92.